The number of ether oxygens (including phenoxy) is 1. The molecule has 2 bridgehead atoms. The average molecular weight is 627 g/mol. The number of rotatable bonds is 9. The van der Waals surface area contributed by atoms with Gasteiger partial charge >= 0.3 is 44.0 Å². The van der Waals surface area contributed by atoms with Crippen molar-refractivity contribution in [3.63, 3.8) is 0 Å². The molecule has 2 fully saturated rings. The first kappa shape index (κ1) is 34.1. The second-order valence-corrected chi connectivity index (χ2v) is 27.7. The Morgan fingerprint density at radius 2 is 1.34 bits per heavy atom. The van der Waals surface area contributed by atoms with Crippen LogP contribution in [-0.2, 0) is 38.0 Å². The summed E-state index contributed by atoms with van der Waals surface area (Å²) < 4.78 is 54.6. The Morgan fingerprint density at radius 1 is 0.771 bits per heavy atom. The van der Waals surface area contributed by atoms with E-state index in [1.54, 1.807) is 21.0 Å². The molecule has 6 atom stereocenters. The molecule has 0 radical (unpaired) electrons. The van der Waals surface area contributed by atoms with E-state index < -0.39 is 63.1 Å². The Kier molecular flexibility index (Phi) is 14.6. The number of methoxy groups -OCH3 is 1. The third-order valence-corrected chi connectivity index (χ3v) is 30.0. The molecule has 12 nitrogen and oxygen atoms in total. The molecule has 2 rings (SSSR count). The zero-order valence-corrected chi connectivity index (χ0v) is 30.0. The van der Waals surface area contributed by atoms with Crippen LogP contribution >= 0.6 is 0 Å². The highest BCUT2D eigenvalue weighted by Crippen LogP contribution is 2.39. The summed E-state index contributed by atoms with van der Waals surface area (Å²) in [5.74, 6) is 0. The molecule has 6 unspecified atom stereocenters. The van der Waals surface area contributed by atoms with E-state index in [1.807, 2.05) is 34.6 Å². The van der Waals surface area contributed by atoms with E-state index in [-0.39, 0.29) is 24.4 Å². The lowest BCUT2D eigenvalue weighted by molar-refractivity contribution is 0.0662. The predicted molar refractivity (Wildman–Crippen MR) is 145 cm³/mol. The molecule has 2 heterocycles. The average Bonchev–Trinajstić information content (AvgIpc) is 2.90. The largest absolute Gasteiger partial charge is 0.490 e. The van der Waals surface area contributed by atoms with Gasteiger partial charge in [0.05, 0.1) is 6.23 Å². The van der Waals surface area contributed by atoms with E-state index in [4.69, 9.17) is 33.2 Å². The summed E-state index contributed by atoms with van der Waals surface area (Å²) in [4.78, 5) is 32.3. The van der Waals surface area contributed by atoms with Gasteiger partial charge in [0.1, 0.15) is 0 Å². The fourth-order valence-electron chi connectivity index (χ4n) is 3.28. The molecular formula is C16H46O12Si7. The zero-order chi connectivity index (χ0) is 26.8. The Balaban J connectivity index is 0.00000142. The molecule has 0 saturated carbocycles. The minimum atomic E-state index is -3.89. The second-order valence-electron chi connectivity index (χ2n) is 8.06. The summed E-state index contributed by atoms with van der Waals surface area (Å²) >= 11 is 0. The third kappa shape index (κ3) is 9.33. The van der Waals surface area contributed by atoms with Crippen molar-refractivity contribution in [2.24, 2.45) is 0 Å². The highest BCUT2D eigenvalue weighted by atomic mass is 28.6. The van der Waals surface area contributed by atoms with Gasteiger partial charge in [0.25, 0.3) is 10.0 Å². The van der Waals surface area contributed by atoms with Crippen molar-refractivity contribution in [2.75, 3.05) is 19.9 Å². The highest BCUT2D eigenvalue weighted by molar-refractivity contribution is 6.92. The molecule has 0 aliphatic carbocycles. The summed E-state index contributed by atoms with van der Waals surface area (Å²) in [5, 5.41) is 0. The third-order valence-electron chi connectivity index (χ3n) is 5.63. The van der Waals surface area contributed by atoms with Crippen molar-refractivity contribution in [3.8, 4) is 0 Å². The lowest BCUT2D eigenvalue weighted by atomic mass is 10.9. The zero-order valence-electron chi connectivity index (χ0n) is 22.5. The molecule has 0 aromatic carbocycles. The van der Waals surface area contributed by atoms with Crippen LogP contribution in [0.3, 0.4) is 0 Å². The normalized spacial score (nSPS) is 40.7. The Morgan fingerprint density at radius 3 is 1.77 bits per heavy atom. The maximum Gasteiger partial charge on any atom is 0.490 e. The topological polar surface area (TPSA) is 144 Å². The molecular weight excluding hydrogens is 581 g/mol. The fraction of sp³-hybridized carbons (Fsp3) is 1.00. The Bertz CT molecular complexity index is 629. The van der Waals surface area contributed by atoms with Gasteiger partial charge in [0.2, 0.25) is 0 Å². The molecule has 19 heteroatoms. The highest BCUT2D eigenvalue weighted by Gasteiger charge is 2.67. The molecule has 2 saturated heterocycles. The smallest absolute Gasteiger partial charge is 0.417 e. The van der Waals surface area contributed by atoms with Gasteiger partial charge in [-0.2, -0.15) is 0 Å². The van der Waals surface area contributed by atoms with Gasteiger partial charge in [-0.1, -0.05) is 41.5 Å². The van der Waals surface area contributed by atoms with Crippen molar-refractivity contribution in [2.45, 2.75) is 84.7 Å². The molecule has 0 aromatic rings. The number of hydrogen-bond acceptors (Lipinski definition) is 12. The first-order chi connectivity index (χ1) is 16.5. The quantitative estimate of drug-likeness (QED) is 0.312. The van der Waals surface area contributed by atoms with Crippen molar-refractivity contribution >= 4 is 63.1 Å². The molecule has 35 heavy (non-hydrogen) atoms. The van der Waals surface area contributed by atoms with Crippen LogP contribution in [0, 0.1) is 0 Å². The molecule has 3 N–H and O–H groups in total. The SMILES string of the molecule is CCOC.CC[SiH]1CO[Si](O)(CC)O[Si]2(CC)O[Si](O)(CC)O[Si](CC)(O[SiH2]O)O[Si](CC)(O1)O2. The molecule has 2 aliphatic rings. The van der Waals surface area contributed by atoms with Crippen molar-refractivity contribution in [1.82, 2.24) is 0 Å². The van der Waals surface area contributed by atoms with Gasteiger partial charge in [-0.3, -0.25) is 0 Å². The Labute approximate surface area is 219 Å². The lowest BCUT2D eigenvalue weighted by Crippen LogP contribution is -2.74. The van der Waals surface area contributed by atoms with Crippen LogP contribution in [0.2, 0.25) is 36.3 Å². The van der Waals surface area contributed by atoms with Crippen LogP contribution in [0.15, 0.2) is 0 Å². The van der Waals surface area contributed by atoms with Crippen LogP contribution < -0.4 is 0 Å². The van der Waals surface area contributed by atoms with Gasteiger partial charge in [-0.05, 0) is 13.0 Å². The maximum atomic E-state index is 11.4. The van der Waals surface area contributed by atoms with E-state index in [0.29, 0.717) is 12.1 Å². The monoisotopic (exact) mass is 626 g/mol. The minimum absolute atomic E-state index is 0.170. The van der Waals surface area contributed by atoms with E-state index in [0.717, 1.165) is 12.7 Å². The van der Waals surface area contributed by atoms with Crippen LogP contribution in [0.25, 0.3) is 0 Å². The summed E-state index contributed by atoms with van der Waals surface area (Å²) in [6.45, 7) is 13.9. The molecule has 0 aromatic heterocycles. The van der Waals surface area contributed by atoms with Gasteiger partial charge in [-0.25, -0.2) is 0 Å². The summed E-state index contributed by atoms with van der Waals surface area (Å²) in [6, 6.07) is 2.20. The van der Waals surface area contributed by atoms with E-state index in [9.17, 15) is 14.4 Å². The molecule has 210 valence electrons. The van der Waals surface area contributed by atoms with Gasteiger partial charge < -0.3 is 52.4 Å². The lowest BCUT2D eigenvalue weighted by Gasteiger charge is -2.49. The summed E-state index contributed by atoms with van der Waals surface area (Å²) in [7, 11) is -20.5. The van der Waals surface area contributed by atoms with E-state index >= 15 is 0 Å². The van der Waals surface area contributed by atoms with Gasteiger partial charge in [0.15, 0.2) is 9.04 Å². The van der Waals surface area contributed by atoms with E-state index in [2.05, 4.69) is 4.74 Å². The molecule has 2 aliphatic heterocycles. The molecule has 0 spiro atoms. The van der Waals surface area contributed by atoms with Gasteiger partial charge in [0, 0.05) is 43.9 Å². The first-order valence-corrected chi connectivity index (χ1v) is 25.5. The Hall–Kier alpha value is 1.04. The van der Waals surface area contributed by atoms with Crippen LogP contribution in [0.5, 0.6) is 0 Å². The fourth-order valence-corrected chi connectivity index (χ4v) is 32.4. The first-order valence-electron chi connectivity index (χ1n) is 12.5. The van der Waals surface area contributed by atoms with E-state index in [1.165, 1.54) is 0 Å². The summed E-state index contributed by atoms with van der Waals surface area (Å²) in [6.07, 6.45) is 0.259. The predicted octanol–water partition coefficient (Wildman–Crippen LogP) is 0.852. The van der Waals surface area contributed by atoms with Crippen molar-refractivity contribution < 1.29 is 52.4 Å². The van der Waals surface area contributed by atoms with Crippen LogP contribution in [0.1, 0.15) is 48.5 Å². The second kappa shape index (κ2) is 15.0. The number of fused-ring (bicyclic) bond motifs is 2. The van der Waals surface area contributed by atoms with Crippen molar-refractivity contribution in [1.29, 1.82) is 0 Å². The maximum absolute atomic E-state index is 11.4. The van der Waals surface area contributed by atoms with Crippen LogP contribution in [-0.4, -0.2) is 97.4 Å². The standard InChI is InChI=1S/C13H38O11Si7.C3H8O/c1-7-26-13-17-27(15,8-2)20-31(12-6)22-28(16,9-3)21-29(10-4,18-25-14)23-30(11-5,19-26)24-31;1-3-4-2/h14-16,26H,7-13,25H2,1-6H3;3H2,1-2H3. The van der Waals surface area contributed by atoms with Crippen molar-refractivity contribution in [3.05, 3.63) is 0 Å². The van der Waals surface area contributed by atoms with Gasteiger partial charge in [-0.15, -0.1) is 0 Å². The summed E-state index contributed by atoms with van der Waals surface area (Å²) in [5.41, 5.74) is 0. The minimum Gasteiger partial charge on any atom is -0.417 e. The molecule has 0 amide bonds. The van der Waals surface area contributed by atoms with Crippen LogP contribution in [0.4, 0.5) is 0 Å². The number of hydrogen-bond donors (Lipinski definition) is 3.